The minimum atomic E-state index is -0.187. The van der Waals surface area contributed by atoms with E-state index in [0.717, 1.165) is 30.8 Å². The van der Waals surface area contributed by atoms with E-state index in [1.807, 2.05) is 12.1 Å². The average Bonchev–Trinajstić information content (AvgIpc) is 2.59. The lowest BCUT2D eigenvalue weighted by Crippen LogP contribution is -2.32. The van der Waals surface area contributed by atoms with Crippen LogP contribution in [0.15, 0.2) is 48.2 Å². The fraction of sp³-hybridized carbons (Fsp3) is 0.300. The SMILES string of the molecule is COc1ccc2c(c1)C(c1cccc(F)c1)=C1CCCCN1C2. The lowest BCUT2D eigenvalue weighted by atomic mass is 9.85. The monoisotopic (exact) mass is 309 g/mol. The Hall–Kier alpha value is -2.29. The Morgan fingerprint density at radius 3 is 2.83 bits per heavy atom. The molecule has 2 aromatic carbocycles. The van der Waals surface area contributed by atoms with E-state index < -0.39 is 0 Å². The molecule has 3 heteroatoms. The van der Waals surface area contributed by atoms with Crippen LogP contribution < -0.4 is 4.74 Å². The maximum Gasteiger partial charge on any atom is 0.123 e. The lowest BCUT2D eigenvalue weighted by molar-refractivity contribution is 0.280. The number of nitrogens with zero attached hydrogens (tertiary/aromatic N) is 1. The molecule has 1 fully saturated rings. The first-order valence-corrected chi connectivity index (χ1v) is 8.17. The van der Waals surface area contributed by atoms with Crippen LogP contribution in [0.2, 0.25) is 0 Å². The Kier molecular flexibility index (Phi) is 3.56. The molecule has 2 aromatic rings. The number of methoxy groups -OCH3 is 1. The Bertz CT molecular complexity index is 781. The second kappa shape index (κ2) is 5.73. The smallest absolute Gasteiger partial charge is 0.123 e. The maximum absolute atomic E-state index is 13.8. The number of piperidine rings is 1. The highest BCUT2D eigenvalue weighted by Crippen LogP contribution is 2.41. The summed E-state index contributed by atoms with van der Waals surface area (Å²) in [7, 11) is 1.69. The van der Waals surface area contributed by atoms with E-state index in [9.17, 15) is 4.39 Å². The van der Waals surface area contributed by atoms with Gasteiger partial charge in [-0.3, -0.25) is 0 Å². The number of ether oxygens (including phenoxy) is 1. The summed E-state index contributed by atoms with van der Waals surface area (Å²) in [6.45, 7) is 2.02. The third kappa shape index (κ3) is 2.50. The van der Waals surface area contributed by atoms with Crippen LogP contribution in [-0.2, 0) is 6.54 Å². The van der Waals surface area contributed by atoms with Crippen LogP contribution in [0.3, 0.4) is 0 Å². The molecule has 23 heavy (non-hydrogen) atoms. The van der Waals surface area contributed by atoms with Gasteiger partial charge in [0.1, 0.15) is 11.6 Å². The molecule has 0 unspecified atom stereocenters. The molecule has 0 spiro atoms. The molecule has 0 atom stereocenters. The molecule has 0 radical (unpaired) electrons. The fourth-order valence-corrected chi connectivity index (χ4v) is 3.73. The highest BCUT2D eigenvalue weighted by molar-refractivity contribution is 5.85. The van der Waals surface area contributed by atoms with Gasteiger partial charge in [-0.1, -0.05) is 18.2 Å². The van der Waals surface area contributed by atoms with Crippen molar-refractivity contribution in [3.63, 3.8) is 0 Å². The van der Waals surface area contributed by atoms with Crippen LogP contribution in [-0.4, -0.2) is 18.6 Å². The van der Waals surface area contributed by atoms with Crippen LogP contribution in [0.25, 0.3) is 5.57 Å². The Labute approximate surface area is 136 Å². The Balaban J connectivity index is 1.95. The van der Waals surface area contributed by atoms with Gasteiger partial charge in [0.05, 0.1) is 7.11 Å². The highest BCUT2D eigenvalue weighted by Gasteiger charge is 2.27. The number of fused-ring (bicyclic) bond motifs is 2. The average molecular weight is 309 g/mol. The summed E-state index contributed by atoms with van der Waals surface area (Å²) in [6, 6.07) is 13.2. The minimum absolute atomic E-state index is 0.187. The molecule has 0 amide bonds. The highest BCUT2D eigenvalue weighted by atomic mass is 19.1. The van der Waals surface area contributed by atoms with Crippen LogP contribution in [0.5, 0.6) is 5.75 Å². The van der Waals surface area contributed by atoms with Crippen molar-refractivity contribution in [2.45, 2.75) is 25.8 Å². The van der Waals surface area contributed by atoms with Gasteiger partial charge in [0.25, 0.3) is 0 Å². The predicted molar refractivity (Wildman–Crippen MR) is 89.7 cm³/mol. The summed E-state index contributed by atoms with van der Waals surface area (Å²) >= 11 is 0. The zero-order valence-corrected chi connectivity index (χ0v) is 13.3. The summed E-state index contributed by atoms with van der Waals surface area (Å²) in [5.74, 6) is 0.662. The van der Waals surface area contributed by atoms with Gasteiger partial charge in [0.2, 0.25) is 0 Å². The molecular weight excluding hydrogens is 289 g/mol. The third-order valence-electron chi connectivity index (χ3n) is 4.82. The molecule has 0 aromatic heterocycles. The van der Waals surface area contributed by atoms with Crippen LogP contribution in [0.4, 0.5) is 4.39 Å². The van der Waals surface area contributed by atoms with Crippen molar-refractivity contribution in [2.75, 3.05) is 13.7 Å². The van der Waals surface area contributed by atoms with Gasteiger partial charge < -0.3 is 9.64 Å². The fourth-order valence-electron chi connectivity index (χ4n) is 3.73. The normalized spacial score (nSPS) is 16.9. The van der Waals surface area contributed by atoms with Crippen LogP contribution in [0, 0.1) is 5.82 Å². The molecule has 0 saturated carbocycles. The molecule has 2 nitrogen and oxygen atoms in total. The Morgan fingerprint density at radius 1 is 1.09 bits per heavy atom. The molecule has 0 N–H and O–H groups in total. The van der Waals surface area contributed by atoms with Crippen LogP contribution >= 0.6 is 0 Å². The van der Waals surface area contributed by atoms with Gasteiger partial charge >= 0.3 is 0 Å². The minimum Gasteiger partial charge on any atom is -0.497 e. The van der Waals surface area contributed by atoms with Gasteiger partial charge in [0, 0.05) is 24.4 Å². The van der Waals surface area contributed by atoms with Crippen molar-refractivity contribution in [2.24, 2.45) is 0 Å². The first-order chi connectivity index (χ1) is 11.3. The molecular formula is C20H20FNO. The van der Waals surface area contributed by atoms with E-state index in [4.69, 9.17) is 4.74 Å². The van der Waals surface area contributed by atoms with Crippen molar-refractivity contribution in [1.82, 2.24) is 4.90 Å². The lowest BCUT2D eigenvalue weighted by Gasteiger charge is -2.38. The van der Waals surface area contributed by atoms with Crippen molar-refractivity contribution in [3.05, 3.63) is 70.7 Å². The van der Waals surface area contributed by atoms with Gasteiger partial charge in [-0.25, -0.2) is 4.39 Å². The molecule has 1 saturated heterocycles. The number of halogens is 1. The van der Waals surface area contributed by atoms with E-state index in [1.165, 1.54) is 41.3 Å². The number of hydrogen-bond acceptors (Lipinski definition) is 2. The summed E-state index contributed by atoms with van der Waals surface area (Å²) < 4.78 is 19.2. The van der Waals surface area contributed by atoms with Crippen molar-refractivity contribution < 1.29 is 9.13 Å². The number of allylic oxidation sites excluding steroid dienone is 1. The molecule has 2 aliphatic rings. The molecule has 118 valence electrons. The molecule has 2 heterocycles. The largest absolute Gasteiger partial charge is 0.497 e. The second-order valence-electron chi connectivity index (χ2n) is 6.23. The van der Waals surface area contributed by atoms with E-state index in [0.29, 0.717) is 0 Å². The summed E-state index contributed by atoms with van der Waals surface area (Å²) in [5.41, 5.74) is 5.95. The zero-order valence-electron chi connectivity index (χ0n) is 13.3. The van der Waals surface area contributed by atoms with Gasteiger partial charge in [-0.05, 0) is 60.2 Å². The molecule has 0 aliphatic carbocycles. The van der Waals surface area contributed by atoms with E-state index in [1.54, 1.807) is 19.2 Å². The van der Waals surface area contributed by atoms with Crippen LogP contribution in [0.1, 0.15) is 36.0 Å². The second-order valence-corrected chi connectivity index (χ2v) is 6.23. The quantitative estimate of drug-likeness (QED) is 0.804. The van der Waals surface area contributed by atoms with Gasteiger partial charge in [0.15, 0.2) is 0 Å². The maximum atomic E-state index is 13.8. The topological polar surface area (TPSA) is 12.5 Å². The molecule has 2 aliphatic heterocycles. The predicted octanol–water partition coefficient (Wildman–Crippen LogP) is 4.59. The Morgan fingerprint density at radius 2 is 2.00 bits per heavy atom. The van der Waals surface area contributed by atoms with Gasteiger partial charge in [-0.15, -0.1) is 0 Å². The van der Waals surface area contributed by atoms with E-state index >= 15 is 0 Å². The van der Waals surface area contributed by atoms with Gasteiger partial charge in [-0.2, -0.15) is 0 Å². The summed E-state index contributed by atoms with van der Waals surface area (Å²) in [4.78, 5) is 2.46. The molecule has 0 bridgehead atoms. The number of benzene rings is 2. The first kappa shape index (κ1) is 14.3. The first-order valence-electron chi connectivity index (χ1n) is 8.17. The summed E-state index contributed by atoms with van der Waals surface area (Å²) in [5, 5.41) is 0. The molecule has 4 rings (SSSR count). The van der Waals surface area contributed by atoms with Crippen molar-refractivity contribution >= 4 is 5.57 Å². The standard InChI is InChI=1S/C20H20FNO/c1-23-17-9-8-15-13-22-10-3-2-7-19(22)20(18(15)12-17)14-5-4-6-16(21)11-14/h4-6,8-9,11-12H,2-3,7,10,13H2,1H3. The third-order valence-corrected chi connectivity index (χ3v) is 4.82. The summed E-state index contributed by atoms with van der Waals surface area (Å²) in [6.07, 6.45) is 3.48. The zero-order chi connectivity index (χ0) is 15.8. The van der Waals surface area contributed by atoms with Crippen molar-refractivity contribution in [1.29, 1.82) is 0 Å². The number of rotatable bonds is 2. The van der Waals surface area contributed by atoms with E-state index in [-0.39, 0.29) is 5.82 Å². The number of hydrogen-bond donors (Lipinski definition) is 0. The van der Waals surface area contributed by atoms with Crippen molar-refractivity contribution in [3.8, 4) is 5.75 Å². The van der Waals surface area contributed by atoms with E-state index in [2.05, 4.69) is 17.0 Å².